The van der Waals surface area contributed by atoms with Crippen LogP contribution in [-0.2, 0) is 9.59 Å². The van der Waals surface area contributed by atoms with E-state index >= 15 is 0 Å². The lowest BCUT2D eigenvalue weighted by atomic mass is 9.79. The van der Waals surface area contributed by atoms with E-state index in [9.17, 15) is 14.7 Å². The van der Waals surface area contributed by atoms with Crippen LogP contribution < -0.4 is 5.32 Å². The molecule has 4 heteroatoms. The average Bonchev–Trinajstić information content (AvgIpc) is 2.47. The fraction of sp³-hybridized carbons (Fsp3) is 0.800. The number of carbonyl (C=O) groups excluding carboxylic acids is 2. The van der Waals surface area contributed by atoms with Crippen molar-refractivity contribution in [1.82, 2.24) is 5.32 Å². The smallest absolute Gasteiger partial charge is 0.220 e. The Morgan fingerprint density at radius 1 is 1.36 bits per heavy atom. The van der Waals surface area contributed by atoms with Gasteiger partial charge in [0, 0.05) is 19.4 Å². The zero-order valence-electron chi connectivity index (χ0n) is 8.08. The minimum Gasteiger partial charge on any atom is -0.392 e. The molecule has 0 aromatic rings. The number of aliphatic hydroxyl groups excluding tert-OH is 1. The first-order valence-electron chi connectivity index (χ1n) is 5.13. The van der Waals surface area contributed by atoms with Gasteiger partial charge in [0.25, 0.3) is 0 Å². The highest BCUT2D eigenvalue weighted by Gasteiger charge is 2.48. The number of hydrogen-bond donors (Lipinski definition) is 2. The molecule has 1 aliphatic heterocycles. The number of aliphatic hydroxyl groups is 1. The van der Waals surface area contributed by atoms with E-state index in [1.54, 1.807) is 0 Å². The Morgan fingerprint density at radius 2 is 2.14 bits per heavy atom. The van der Waals surface area contributed by atoms with Gasteiger partial charge < -0.3 is 10.4 Å². The Balaban J connectivity index is 2.23. The largest absolute Gasteiger partial charge is 0.392 e. The Kier molecular flexibility index (Phi) is 2.31. The van der Waals surface area contributed by atoms with E-state index in [0.717, 1.165) is 6.42 Å². The molecule has 1 saturated heterocycles. The summed E-state index contributed by atoms with van der Waals surface area (Å²) < 4.78 is 0. The van der Waals surface area contributed by atoms with Crippen LogP contribution in [0.5, 0.6) is 0 Å². The van der Waals surface area contributed by atoms with E-state index in [4.69, 9.17) is 0 Å². The molecule has 0 aromatic carbocycles. The Labute approximate surface area is 82.7 Å². The first kappa shape index (κ1) is 9.65. The molecule has 14 heavy (non-hydrogen) atoms. The molecule has 1 saturated carbocycles. The lowest BCUT2D eigenvalue weighted by Gasteiger charge is -2.29. The third-order valence-corrected chi connectivity index (χ3v) is 3.47. The predicted molar refractivity (Wildman–Crippen MR) is 49.5 cm³/mol. The lowest BCUT2D eigenvalue weighted by Crippen LogP contribution is -2.45. The van der Waals surface area contributed by atoms with Crippen molar-refractivity contribution in [2.45, 2.75) is 38.2 Å². The standard InChI is InChI=1S/C10H15NO3/c12-7-2-1-5-10(7)6-11-9(14)4-3-8(10)13/h7,12H,1-6H2,(H,11,14). The number of amides is 1. The van der Waals surface area contributed by atoms with E-state index in [1.807, 2.05) is 0 Å². The SMILES string of the molecule is O=C1CCC(=O)C2(CCCC2O)CN1. The van der Waals surface area contributed by atoms with E-state index in [1.165, 1.54) is 0 Å². The minimum atomic E-state index is -0.661. The van der Waals surface area contributed by atoms with Crippen molar-refractivity contribution in [2.24, 2.45) is 5.41 Å². The summed E-state index contributed by atoms with van der Waals surface area (Å²) >= 11 is 0. The molecule has 2 unspecified atom stereocenters. The van der Waals surface area contributed by atoms with Gasteiger partial charge in [0.05, 0.1) is 11.5 Å². The van der Waals surface area contributed by atoms with E-state index in [0.29, 0.717) is 19.4 Å². The number of hydrogen-bond acceptors (Lipinski definition) is 3. The molecule has 2 fully saturated rings. The van der Waals surface area contributed by atoms with Gasteiger partial charge in [0.1, 0.15) is 5.78 Å². The second-order valence-corrected chi connectivity index (χ2v) is 4.26. The quantitative estimate of drug-likeness (QED) is 0.574. The molecular weight excluding hydrogens is 182 g/mol. The van der Waals surface area contributed by atoms with E-state index in [2.05, 4.69) is 5.32 Å². The third-order valence-electron chi connectivity index (χ3n) is 3.47. The first-order valence-corrected chi connectivity index (χ1v) is 5.13. The third kappa shape index (κ3) is 1.34. The summed E-state index contributed by atoms with van der Waals surface area (Å²) in [6, 6.07) is 0. The Morgan fingerprint density at radius 3 is 2.79 bits per heavy atom. The molecular formula is C10H15NO3. The highest BCUT2D eigenvalue weighted by atomic mass is 16.3. The molecule has 4 nitrogen and oxygen atoms in total. The van der Waals surface area contributed by atoms with Gasteiger partial charge in [-0.1, -0.05) is 0 Å². The maximum Gasteiger partial charge on any atom is 0.220 e. The van der Waals surface area contributed by atoms with Gasteiger partial charge in [-0.25, -0.2) is 0 Å². The van der Waals surface area contributed by atoms with Crippen molar-refractivity contribution in [2.75, 3.05) is 6.54 Å². The van der Waals surface area contributed by atoms with Crippen LogP contribution in [0, 0.1) is 5.41 Å². The average molecular weight is 197 g/mol. The van der Waals surface area contributed by atoms with Crippen LogP contribution in [0.2, 0.25) is 0 Å². The number of rotatable bonds is 0. The molecule has 2 N–H and O–H groups in total. The summed E-state index contributed by atoms with van der Waals surface area (Å²) in [4.78, 5) is 23.0. The lowest BCUT2D eigenvalue weighted by molar-refractivity contribution is -0.132. The molecule has 0 aromatic heterocycles. The van der Waals surface area contributed by atoms with E-state index < -0.39 is 11.5 Å². The Bertz CT molecular complexity index is 277. The fourth-order valence-corrected chi connectivity index (χ4v) is 2.50. The summed E-state index contributed by atoms with van der Waals surface area (Å²) in [5, 5.41) is 12.5. The van der Waals surface area contributed by atoms with Crippen LogP contribution in [0.25, 0.3) is 0 Å². The van der Waals surface area contributed by atoms with Gasteiger partial charge in [-0.15, -0.1) is 0 Å². The molecule has 0 bridgehead atoms. The summed E-state index contributed by atoms with van der Waals surface area (Å²) in [7, 11) is 0. The maximum absolute atomic E-state index is 11.8. The Hall–Kier alpha value is -0.900. The number of carbonyl (C=O) groups is 2. The normalized spacial score (nSPS) is 38.5. The van der Waals surface area contributed by atoms with Gasteiger partial charge in [0.2, 0.25) is 5.91 Å². The second kappa shape index (κ2) is 3.35. The minimum absolute atomic E-state index is 0.0563. The van der Waals surface area contributed by atoms with Crippen LogP contribution in [0.1, 0.15) is 32.1 Å². The van der Waals surface area contributed by atoms with Gasteiger partial charge in [-0.2, -0.15) is 0 Å². The highest BCUT2D eigenvalue weighted by molar-refractivity contribution is 5.92. The van der Waals surface area contributed by atoms with Crippen molar-refractivity contribution in [3.05, 3.63) is 0 Å². The van der Waals surface area contributed by atoms with Crippen LogP contribution in [0.3, 0.4) is 0 Å². The van der Waals surface area contributed by atoms with Gasteiger partial charge in [-0.3, -0.25) is 9.59 Å². The predicted octanol–water partition coefficient (Wildman–Crippen LogP) is -0.00330. The zero-order chi connectivity index (χ0) is 10.2. The summed E-state index contributed by atoms with van der Waals surface area (Å²) in [5.74, 6) is -0.0184. The first-order chi connectivity index (χ1) is 6.65. The van der Waals surface area contributed by atoms with Crippen LogP contribution in [0.15, 0.2) is 0 Å². The number of Topliss-reactive ketones (excluding diaryl/α,β-unsaturated/α-hetero) is 1. The summed E-state index contributed by atoms with van der Waals surface area (Å²) in [6.07, 6.45) is 2.27. The van der Waals surface area contributed by atoms with Gasteiger partial charge in [0.15, 0.2) is 0 Å². The molecule has 1 heterocycles. The van der Waals surface area contributed by atoms with Crippen LogP contribution in [-0.4, -0.2) is 29.4 Å². The number of ketones is 1. The molecule has 2 rings (SSSR count). The molecule has 1 amide bonds. The monoisotopic (exact) mass is 197 g/mol. The molecule has 0 radical (unpaired) electrons. The maximum atomic E-state index is 11.8. The fourth-order valence-electron chi connectivity index (χ4n) is 2.50. The second-order valence-electron chi connectivity index (χ2n) is 4.26. The van der Waals surface area contributed by atoms with Crippen LogP contribution in [0.4, 0.5) is 0 Å². The zero-order valence-corrected chi connectivity index (χ0v) is 8.08. The van der Waals surface area contributed by atoms with Crippen LogP contribution >= 0.6 is 0 Å². The van der Waals surface area contributed by atoms with Crippen molar-refractivity contribution in [3.63, 3.8) is 0 Å². The van der Waals surface area contributed by atoms with Crippen molar-refractivity contribution >= 4 is 11.7 Å². The molecule has 2 aliphatic rings. The summed E-state index contributed by atoms with van der Waals surface area (Å²) in [6.45, 7) is 0.325. The molecule has 1 spiro atoms. The van der Waals surface area contributed by atoms with Gasteiger partial charge in [-0.05, 0) is 19.3 Å². The van der Waals surface area contributed by atoms with Crippen molar-refractivity contribution in [3.8, 4) is 0 Å². The number of nitrogens with one attached hydrogen (secondary N) is 1. The molecule has 1 aliphatic carbocycles. The van der Waals surface area contributed by atoms with E-state index in [-0.39, 0.29) is 24.5 Å². The summed E-state index contributed by atoms with van der Waals surface area (Å²) in [5.41, 5.74) is -0.661. The molecule has 2 atom stereocenters. The highest BCUT2D eigenvalue weighted by Crippen LogP contribution is 2.40. The van der Waals surface area contributed by atoms with Crippen molar-refractivity contribution < 1.29 is 14.7 Å². The topological polar surface area (TPSA) is 66.4 Å². The van der Waals surface area contributed by atoms with Crippen molar-refractivity contribution in [1.29, 1.82) is 0 Å². The van der Waals surface area contributed by atoms with Gasteiger partial charge >= 0.3 is 0 Å². The molecule has 78 valence electrons.